The first-order chi connectivity index (χ1) is 17.5. The van der Waals surface area contributed by atoms with Gasteiger partial charge in [-0.05, 0) is 60.7 Å². The lowest BCUT2D eigenvalue weighted by molar-refractivity contribution is -0.144. The van der Waals surface area contributed by atoms with E-state index in [-0.39, 0.29) is 18.3 Å². The zero-order valence-corrected chi connectivity index (χ0v) is 24.4. The van der Waals surface area contributed by atoms with E-state index in [4.69, 9.17) is 10.00 Å². The number of carbonyl (C=O) groups excluding carboxylic acids is 1. The average Bonchev–Trinajstić information content (AvgIpc) is 3.35. The Labute approximate surface area is 225 Å². The number of carbonyl (C=O) groups is 1. The second kappa shape index (κ2) is 10.6. The van der Waals surface area contributed by atoms with Crippen LogP contribution < -0.4 is 0 Å². The summed E-state index contributed by atoms with van der Waals surface area (Å²) in [5, 5.41) is 9.03. The number of nitrogens with zero attached hydrogens (tertiary/aromatic N) is 1. The van der Waals surface area contributed by atoms with Crippen molar-refractivity contribution in [2.24, 2.45) is 0 Å². The third-order valence-electron chi connectivity index (χ3n) is 7.16. The molecule has 1 aliphatic heterocycles. The minimum absolute atomic E-state index is 0.0971. The van der Waals surface area contributed by atoms with Crippen molar-refractivity contribution in [3.63, 3.8) is 0 Å². The summed E-state index contributed by atoms with van der Waals surface area (Å²) in [6.07, 6.45) is 1.84. The lowest BCUT2D eigenvalue weighted by Crippen LogP contribution is -2.54. The number of ether oxygens (including phenoxy) is 1. The van der Waals surface area contributed by atoms with Crippen molar-refractivity contribution in [2.45, 2.75) is 56.1 Å². The lowest BCUT2D eigenvalue weighted by Gasteiger charge is -2.45. The van der Waals surface area contributed by atoms with Crippen LogP contribution in [0.2, 0.25) is 25.2 Å². The van der Waals surface area contributed by atoms with Crippen molar-refractivity contribution in [1.29, 1.82) is 5.26 Å². The molecule has 37 heavy (non-hydrogen) atoms. The Morgan fingerprint density at radius 3 is 2.14 bits per heavy atom. The van der Waals surface area contributed by atoms with Crippen LogP contribution in [0.1, 0.15) is 36.6 Å². The molecule has 0 N–H and O–H groups in total. The van der Waals surface area contributed by atoms with E-state index in [0.717, 1.165) is 32.9 Å². The van der Waals surface area contributed by atoms with Crippen molar-refractivity contribution in [3.8, 4) is 27.6 Å². The average molecular weight is 552 g/mol. The monoisotopic (exact) mass is 551 g/mol. The maximum absolute atomic E-state index is 13.9. The maximum atomic E-state index is 13.9. The smallest absolute Gasteiger partial charge is 0.308 e. The zero-order chi connectivity index (χ0) is 26.8. The first-order valence-electron chi connectivity index (χ1n) is 12.6. The van der Waals surface area contributed by atoms with E-state index in [1.165, 1.54) is 11.3 Å². The molecule has 2 atom stereocenters. The van der Waals surface area contributed by atoms with Crippen LogP contribution >= 0.6 is 11.3 Å². The topological polar surface area (TPSA) is 84.2 Å². The Morgan fingerprint density at radius 1 is 1.00 bits per heavy atom. The largest absolute Gasteiger partial charge is 0.466 e. The molecule has 1 unspecified atom stereocenters. The van der Waals surface area contributed by atoms with Gasteiger partial charge in [0, 0.05) is 9.75 Å². The van der Waals surface area contributed by atoms with Gasteiger partial charge in [-0.2, -0.15) is 5.26 Å². The minimum Gasteiger partial charge on any atom is -0.466 e. The Kier molecular flexibility index (Phi) is 7.79. The molecular weight excluding hydrogens is 519 g/mol. The van der Waals surface area contributed by atoms with E-state index < -0.39 is 28.2 Å². The summed E-state index contributed by atoms with van der Waals surface area (Å²) >= 11 is 1.48. The Hall–Kier alpha value is -2.73. The minimum atomic E-state index is -3.58. The molecule has 1 saturated heterocycles. The number of sulfone groups is 1. The predicted molar refractivity (Wildman–Crippen MR) is 153 cm³/mol. The molecule has 8 heteroatoms. The van der Waals surface area contributed by atoms with Gasteiger partial charge < -0.3 is 4.74 Å². The highest BCUT2D eigenvalue weighted by Gasteiger charge is 2.60. The second-order valence-electron chi connectivity index (χ2n) is 10.6. The van der Waals surface area contributed by atoms with Crippen LogP contribution in [0.15, 0.2) is 60.7 Å². The van der Waals surface area contributed by atoms with Gasteiger partial charge in [0.25, 0.3) is 0 Å². The fraction of sp³-hybridized carbons (Fsp3) is 0.379. The van der Waals surface area contributed by atoms with Crippen LogP contribution in [0.25, 0.3) is 21.6 Å². The number of benzene rings is 2. The second-order valence-corrected chi connectivity index (χ2v) is 19.4. The molecule has 1 fully saturated rings. The SMILES string of the molecule is CCOC(=O)C([C@]1(c2ccc(-c3ccc(-c4ccc(C#N)cc4)cc3)s2)CCCCS1(=O)=O)[Si](C)(C)C. The Balaban J connectivity index is 1.76. The first-order valence-corrected chi connectivity index (χ1v) is 18.7. The highest BCUT2D eigenvalue weighted by molar-refractivity contribution is 7.92. The lowest BCUT2D eigenvalue weighted by atomic mass is 9.94. The summed E-state index contributed by atoms with van der Waals surface area (Å²) in [5.74, 6) is -0.284. The van der Waals surface area contributed by atoms with Crippen molar-refractivity contribution in [3.05, 3.63) is 71.1 Å². The van der Waals surface area contributed by atoms with Crippen molar-refractivity contribution in [1.82, 2.24) is 0 Å². The molecule has 3 aromatic rings. The third-order valence-corrected chi connectivity index (χ3v) is 13.9. The van der Waals surface area contributed by atoms with Crippen LogP contribution in [0, 0.1) is 11.3 Å². The molecule has 0 spiro atoms. The molecule has 1 aromatic heterocycles. The summed E-state index contributed by atoms with van der Waals surface area (Å²) < 4.78 is 32.1. The number of hydrogen-bond acceptors (Lipinski definition) is 6. The molecule has 0 saturated carbocycles. The van der Waals surface area contributed by atoms with Crippen LogP contribution in [0.5, 0.6) is 0 Å². The van der Waals surface area contributed by atoms with E-state index in [1.807, 2.05) is 48.5 Å². The number of nitriles is 1. The van der Waals surface area contributed by atoms with Crippen molar-refractivity contribution >= 4 is 35.2 Å². The fourth-order valence-corrected chi connectivity index (χ4v) is 13.6. The van der Waals surface area contributed by atoms with Crippen molar-refractivity contribution < 1.29 is 17.9 Å². The molecule has 0 bridgehead atoms. The molecule has 2 aromatic carbocycles. The fourth-order valence-electron chi connectivity index (χ4n) is 5.51. The van der Waals surface area contributed by atoms with Gasteiger partial charge in [0.15, 0.2) is 9.84 Å². The van der Waals surface area contributed by atoms with Crippen molar-refractivity contribution in [2.75, 3.05) is 12.4 Å². The molecule has 4 rings (SSSR count). The summed E-state index contributed by atoms with van der Waals surface area (Å²) in [6.45, 7) is 8.20. The number of rotatable bonds is 7. The number of esters is 1. The third kappa shape index (κ3) is 5.18. The predicted octanol–water partition coefficient (Wildman–Crippen LogP) is 7.02. The van der Waals surface area contributed by atoms with Gasteiger partial charge in [-0.1, -0.05) is 62.5 Å². The van der Waals surface area contributed by atoms with E-state index >= 15 is 0 Å². The van der Waals surface area contributed by atoms with Gasteiger partial charge in [0.1, 0.15) is 4.75 Å². The molecule has 0 amide bonds. The summed E-state index contributed by atoms with van der Waals surface area (Å²) in [5.41, 5.74) is 3.01. The van der Waals surface area contributed by atoms with Gasteiger partial charge in [-0.15, -0.1) is 11.3 Å². The van der Waals surface area contributed by atoms with E-state index in [0.29, 0.717) is 18.4 Å². The van der Waals surface area contributed by atoms with Gasteiger partial charge >= 0.3 is 5.97 Å². The first kappa shape index (κ1) is 27.3. The Morgan fingerprint density at radius 2 is 1.59 bits per heavy atom. The van der Waals surface area contributed by atoms with Crippen LogP contribution in [0.4, 0.5) is 0 Å². The maximum Gasteiger partial charge on any atom is 0.308 e. The van der Waals surface area contributed by atoms with Crippen LogP contribution in [-0.4, -0.2) is 34.8 Å². The van der Waals surface area contributed by atoms with E-state index in [1.54, 1.807) is 19.1 Å². The number of hydrogen-bond donors (Lipinski definition) is 0. The highest BCUT2D eigenvalue weighted by Crippen LogP contribution is 2.55. The van der Waals surface area contributed by atoms with Gasteiger partial charge in [0.2, 0.25) is 0 Å². The molecule has 2 heterocycles. The summed E-state index contributed by atoms with van der Waals surface area (Å²) in [4.78, 5) is 15.1. The molecule has 0 aliphatic carbocycles. The molecule has 0 radical (unpaired) electrons. The standard InChI is InChI=1S/C29H33NO4S2Si/c1-5-34-28(31)27(37(2,3)4)29(18-6-7-19-36(29,32)33)26-17-16-25(35-26)24-14-12-23(13-15-24)22-10-8-21(20-30)9-11-22/h8-17,27H,5-7,18-19H2,1-4H3/t27?,29-/m1/s1. The quantitative estimate of drug-likeness (QED) is 0.233. The summed E-state index contributed by atoms with van der Waals surface area (Å²) in [6, 6.07) is 21.6. The molecule has 1 aliphatic rings. The van der Waals surface area contributed by atoms with E-state index in [2.05, 4.69) is 25.7 Å². The highest BCUT2D eigenvalue weighted by atomic mass is 32.2. The number of thiophene rings is 1. The van der Waals surface area contributed by atoms with Crippen LogP contribution in [0.3, 0.4) is 0 Å². The van der Waals surface area contributed by atoms with Crippen LogP contribution in [-0.2, 0) is 24.1 Å². The summed E-state index contributed by atoms with van der Waals surface area (Å²) in [7, 11) is -5.89. The normalized spacial score (nSPS) is 20.1. The zero-order valence-electron chi connectivity index (χ0n) is 21.8. The van der Waals surface area contributed by atoms with Gasteiger partial charge in [-0.3, -0.25) is 4.79 Å². The molecule has 194 valence electrons. The molecule has 5 nitrogen and oxygen atoms in total. The Bertz CT molecular complexity index is 1410. The van der Waals surface area contributed by atoms with Gasteiger partial charge in [-0.25, -0.2) is 8.42 Å². The molecular formula is C29H33NO4S2Si. The van der Waals surface area contributed by atoms with Gasteiger partial charge in [0.05, 0.1) is 37.6 Å². The van der Waals surface area contributed by atoms with E-state index in [9.17, 15) is 13.2 Å².